The number of aromatic nitrogens is 2. The van der Waals surface area contributed by atoms with Gasteiger partial charge in [-0.2, -0.15) is 0 Å². The van der Waals surface area contributed by atoms with Crippen molar-refractivity contribution in [3.8, 4) is 56.0 Å². The molecule has 65 heavy (non-hydrogen) atoms. The first-order chi connectivity index (χ1) is 32.0. The van der Waals surface area contributed by atoms with Gasteiger partial charge in [-0.1, -0.05) is 170 Å². The predicted octanol–water partition coefficient (Wildman–Crippen LogP) is 14.9. The first kappa shape index (κ1) is 39.5. The highest BCUT2D eigenvalue weighted by Crippen LogP contribution is 2.49. The molecule has 7 heteroatoms. The van der Waals surface area contributed by atoms with Crippen molar-refractivity contribution in [3.63, 3.8) is 0 Å². The standard InChI is InChI=1S/C58H40N4O2S/c63-65(64)56-39-48(61(46-27-15-5-16-28-46)47-29-17-6-18-30-47)31-33-51(56)52-34-32-49(40-57(52)65)62(50-37-54(43-23-11-3-12-24-43)59-55(38-50)44-25-13-4-14-26-44)58-36-45(41-19-7-1-8-20-41)35-53(60-58)42-21-9-2-10-22-42/h1-40H. The highest BCUT2D eigenvalue weighted by molar-refractivity contribution is 7.92. The zero-order valence-corrected chi connectivity index (χ0v) is 35.9. The lowest BCUT2D eigenvalue weighted by atomic mass is 10.0. The number of para-hydroxylation sites is 2. The minimum atomic E-state index is -4.00. The first-order valence-electron chi connectivity index (χ1n) is 21.5. The van der Waals surface area contributed by atoms with Crippen LogP contribution in [0.1, 0.15) is 0 Å². The lowest BCUT2D eigenvalue weighted by Crippen LogP contribution is -2.14. The number of nitrogens with zero attached hydrogens (tertiary/aromatic N) is 4. The van der Waals surface area contributed by atoms with Gasteiger partial charge in [0.05, 0.1) is 32.6 Å². The third-order valence-electron chi connectivity index (χ3n) is 11.8. The van der Waals surface area contributed by atoms with Crippen LogP contribution < -0.4 is 9.80 Å². The summed E-state index contributed by atoms with van der Waals surface area (Å²) < 4.78 is 30.1. The van der Waals surface area contributed by atoms with Crippen LogP contribution in [-0.2, 0) is 9.84 Å². The molecule has 0 atom stereocenters. The smallest absolute Gasteiger partial charge is 0.207 e. The second-order valence-electron chi connectivity index (χ2n) is 15.9. The molecule has 8 aromatic carbocycles. The van der Waals surface area contributed by atoms with Crippen LogP contribution in [0.2, 0.25) is 0 Å². The maximum atomic E-state index is 15.1. The molecule has 0 radical (unpaired) electrons. The molecule has 0 fully saturated rings. The highest BCUT2D eigenvalue weighted by Gasteiger charge is 2.35. The maximum absolute atomic E-state index is 15.1. The number of pyridine rings is 2. The van der Waals surface area contributed by atoms with Gasteiger partial charge >= 0.3 is 0 Å². The number of benzene rings is 8. The van der Waals surface area contributed by atoms with Gasteiger partial charge in [0, 0.05) is 50.6 Å². The van der Waals surface area contributed by atoms with Crippen molar-refractivity contribution in [2.24, 2.45) is 0 Å². The van der Waals surface area contributed by atoms with E-state index in [2.05, 4.69) is 82.6 Å². The van der Waals surface area contributed by atoms with Crippen molar-refractivity contribution >= 4 is 44.1 Å². The molecular weight excluding hydrogens is 817 g/mol. The molecule has 2 aromatic heterocycles. The largest absolute Gasteiger partial charge is 0.310 e. The summed E-state index contributed by atoms with van der Waals surface area (Å²) in [5, 5.41) is 0. The van der Waals surface area contributed by atoms with E-state index in [0.717, 1.165) is 67.6 Å². The molecule has 0 saturated carbocycles. The van der Waals surface area contributed by atoms with Crippen LogP contribution in [0, 0.1) is 0 Å². The molecule has 0 N–H and O–H groups in total. The van der Waals surface area contributed by atoms with Crippen molar-refractivity contribution in [1.29, 1.82) is 0 Å². The molecule has 11 rings (SSSR count). The zero-order valence-electron chi connectivity index (χ0n) is 35.1. The summed E-state index contributed by atoms with van der Waals surface area (Å²) in [7, 11) is -4.00. The molecule has 0 bridgehead atoms. The Morgan fingerprint density at radius 3 is 1.12 bits per heavy atom. The monoisotopic (exact) mass is 856 g/mol. The molecule has 1 aliphatic rings. The Hall–Kier alpha value is -8.39. The van der Waals surface area contributed by atoms with Gasteiger partial charge in [-0.05, 0) is 83.9 Å². The number of anilines is 6. The number of hydrogen-bond donors (Lipinski definition) is 0. The number of rotatable bonds is 10. The lowest BCUT2D eigenvalue weighted by molar-refractivity contribution is 0.598. The molecule has 0 spiro atoms. The van der Waals surface area contributed by atoms with E-state index in [4.69, 9.17) is 9.97 Å². The third kappa shape index (κ3) is 7.54. The van der Waals surface area contributed by atoms with Crippen LogP contribution in [-0.4, -0.2) is 18.4 Å². The van der Waals surface area contributed by atoms with Crippen LogP contribution >= 0.6 is 0 Å². The normalized spacial score (nSPS) is 12.2. The summed E-state index contributed by atoms with van der Waals surface area (Å²) in [6.45, 7) is 0. The van der Waals surface area contributed by atoms with E-state index in [0.29, 0.717) is 22.6 Å². The Kier molecular flexibility index (Phi) is 10.1. The quantitative estimate of drug-likeness (QED) is 0.136. The Morgan fingerprint density at radius 2 is 0.677 bits per heavy atom. The second-order valence-corrected chi connectivity index (χ2v) is 17.8. The van der Waals surface area contributed by atoms with Crippen molar-refractivity contribution in [2.45, 2.75) is 9.79 Å². The summed E-state index contributed by atoms with van der Waals surface area (Å²) in [4.78, 5) is 15.2. The zero-order chi connectivity index (χ0) is 43.7. The SMILES string of the molecule is O=S1(=O)c2cc(N(c3ccccc3)c3ccccc3)ccc2-c2ccc(N(c3cc(-c4ccccc4)nc(-c4ccccc4)c3)c3cc(-c4ccccc4)cc(-c4ccccc4)n3)cc21. The average Bonchev–Trinajstić information content (AvgIpc) is 3.60. The number of hydrogen-bond acceptors (Lipinski definition) is 6. The van der Waals surface area contributed by atoms with E-state index in [-0.39, 0.29) is 9.79 Å². The molecule has 0 amide bonds. The summed E-state index contributed by atoms with van der Waals surface area (Å²) in [6.07, 6.45) is 0. The van der Waals surface area contributed by atoms with Crippen LogP contribution in [0.3, 0.4) is 0 Å². The molecule has 3 heterocycles. The molecule has 1 aliphatic heterocycles. The molecule has 0 aliphatic carbocycles. The maximum Gasteiger partial charge on any atom is 0.207 e. The Morgan fingerprint density at radius 1 is 0.292 bits per heavy atom. The van der Waals surface area contributed by atoms with Gasteiger partial charge in [0.15, 0.2) is 0 Å². The van der Waals surface area contributed by atoms with Gasteiger partial charge in [-0.15, -0.1) is 0 Å². The fraction of sp³-hybridized carbons (Fsp3) is 0. The average molecular weight is 857 g/mol. The predicted molar refractivity (Wildman–Crippen MR) is 264 cm³/mol. The lowest BCUT2D eigenvalue weighted by Gasteiger charge is -2.27. The van der Waals surface area contributed by atoms with Gasteiger partial charge in [0.25, 0.3) is 0 Å². The molecule has 0 unspecified atom stereocenters. The van der Waals surface area contributed by atoms with Crippen LogP contribution in [0.5, 0.6) is 0 Å². The van der Waals surface area contributed by atoms with Gasteiger partial charge in [-0.3, -0.25) is 4.90 Å². The fourth-order valence-corrected chi connectivity index (χ4v) is 10.4. The molecule has 10 aromatic rings. The highest BCUT2D eigenvalue weighted by atomic mass is 32.2. The van der Waals surface area contributed by atoms with Crippen LogP contribution in [0.4, 0.5) is 34.3 Å². The summed E-state index contributed by atoms with van der Waals surface area (Å²) in [6, 6.07) is 80.4. The van der Waals surface area contributed by atoms with E-state index in [1.807, 2.05) is 158 Å². The van der Waals surface area contributed by atoms with Gasteiger partial charge < -0.3 is 4.90 Å². The minimum Gasteiger partial charge on any atom is -0.310 e. The Bertz CT molecular complexity index is 3150. The Labute approximate surface area is 379 Å². The van der Waals surface area contributed by atoms with E-state index >= 15 is 8.42 Å². The van der Waals surface area contributed by atoms with Gasteiger partial charge in [0.2, 0.25) is 9.84 Å². The molecule has 0 saturated heterocycles. The second kappa shape index (κ2) is 16.7. The van der Waals surface area contributed by atoms with E-state index in [9.17, 15) is 0 Å². The van der Waals surface area contributed by atoms with Gasteiger partial charge in [0.1, 0.15) is 5.82 Å². The first-order valence-corrected chi connectivity index (χ1v) is 23.0. The van der Waals surface area contributed by atoms with Crippen LogP contribution in [0.15, 0.2) is 252 Å². The summed E-state index contributed by atoms with van der Waals surface area (Å²) in [5.74, 6) is 0.617. The molecule has 6 nitrogen and oxygen atoms in total. The summed E-state index contributed by atoms with van der Waals surface area (Å²) in [5.41, 5.74) is 12.5. The number of fused-ring (bicyclic) bond motifs is 3. The van der Waals surface area contributed by atoms with E-state index in [1.54, 1.807) is 12.1 Å². The number of sulfone groups is 1. The third-order valence-corrected chi connectivity index (χ3v) is 13.6. The van der Waals surface area contributed by atoms with Crippen molar-refractivity contribution in [1.82, 2.24) is 9.97 Å². The van der Waals surface area contributed by atoms with Crippen molar-refractivity contribution in [2.75, 3.05) is 9.80 Å². The van der Waals surface area contributed by atoms with Crippen molar-refractivity contribution in [3.05, 3.63) is 243 Å². The molecular formula is C58H40N4O2S. The van der Waals surface area contributed by atoms with Crippen LogP contribution in [0.25, 0.3) is 56.0 Å². The van der Waals surface area contributed by atoms with E-state index in [1.165, 1.54) is 0 Å². The van der Waals surface area contributed by atoms with Gasteiger partial charge in [-0.25, -0.2) is 18.4 Å². The van der Waals surface area contributed by atoms with Crippen molar-refractivity contribution < 1.29 is 8.42 Å². The topological polar surface area (TPSA) is 66.4 Å². The van der Waals surface area contributed by atoms with E-state index < -0.39 is 9.84 Å². The Balaban J connectivity index is 1.12. The molecule has 310 valence electrons. The summed E-state index contributed by atoms with van der Waals surface area (Å²) >= 11 is 0. The minimum absolute atomic E-state index is 0.237. The fourth-order valence-electron chi connectivity index (χ4n) is 8.67.